The van der Waals surface area contributed by atoms with Crippen molar-refractivity contribution in [1.82, 2.24) is 4.90 Å². The van der Waals surface area contributed by atoms with Crippen LogP contribution >= 0.6 is 0 Å². The molecule has 5 nitrogen and oxygen atoms in total. The van der Waals surface area contributed by atoms with E-state index in [1.165, 1.54) is 4.90 Å². The van der Waals surface area contributed by atoms with E-state index in [0.717, 1.165) is 12.8 Å². The van der Waals surface area contributed by atoms with Gasteiger partial charge in [0.1, 0.15) is 0 Å². The van der Waals surface area contributed by atoms with E-state index in [0.29, 0.717) is 19.4 Å². The third-order valence-corrected chi connectivity index (χ3v) is 4.83. The minimum absolute atomic E-state index is 0.0390. The molecule has 0 bridgehead atoms. The van der Waals surface area contributed by atoms with Crippen LogP contribution in [0.25, 0.3) is 0 Å². The van der Waals surface area contributed by atoms with Crippen LogP contribution in [-0.4, -0.2) is 49.9 Å². The van der Waals surface area contributed by atoms with Gasteiger partial charge < -0.3 is 10.6 Å². The van der Waals surface area contributed by atoms with Crippen molar-refractivity contribution in [3.63, 3.8) is 0 Å². The van der Waals surface area contributed by atoms with E-state index < -0.39 is 9.84 Å². The Morgan fingerprint density at radius 2 is 2.17 bits per heavy atom. The Hall–Kier alpha value is -1.06. The largest absolute Gasteiger partial charge is 0.330 e. The van der Waals surface area contributed by atoms with E-state index in [1.807, 2.05) is 0 Å². The van der Waals surface area contributed by atoms with Crippen LogP contribution in [0.3, 0.4) is 0 Å². The second-order valence-electron chi connectivity index (χ2n) is 4.53. The number of carbonyl (C=O) groups excluding carboxylic acids is 1. The van der Waals surface area contributed by atoms with Crippen molar-refractivity contribution in [3.05, 3.63) is 0 Å². The molecule has 0 aromatic carbocycles. The molecule has 1 amide bonds. The van der Waals surface area contributed by atoms with Gasteiger partial charge in [-0.25, -0.2) is 8.42 Å². The summed E-state index contributed by atoms with van der Waals surface area (Å²) in [4.78, 5) is 13.5. The standard InChI is InChI=1S/C12H20N2O3S/c1-2-8-14(12(15)5-3-4-7-13)11-6-9-18(16,17)10-11/h1,11H,3-10,13H2. The third-order valence-electron chi connectivity index (χ3n) is 3.08. The lowest BCUT2D eigenvalue weighted by atomic mass is 10.1. The number of carbonyl (C=O) groups is 1. The highest BCUT2D eigenvalue weighted by atomic mass is 32.2. The lowest BCUT2D eigenvalue weighted by Crippen LogP contribution is -2.41. The molecule has 1 aliphatic rings. The average molecular weight is 272 g/mol. The van der Waals surface area contributed by atoms with Crippen molar-refractivity contribution < 1.29 is 13.2 Å². The van der Waals surface area contributed by atoms with Crippen LogP contribution in [0, 0.1) is 12.3 Å². The molecule has 0 aliphatic carbocycles. The molecule has 1 fully saturated rings. The molecule has 1 saturated heterocycles. The zero-order valence-corrected chi connectivity index (χ0v) is 11.3. The van der Waals surface area contributed by atoms with Crippen LogP contribution in [0.1, 0.15) is 25.7 Å². The van der Waals surface area contributed by atoms with Gasteiger partial charge in [-0.3, -0.25) is 4.79 Å². The maximum Gasteiger partial charge on any atom is 0.223 e. The summed E-state index contributed by atoms with van der Waals surface area (Å²) in [6.07, 6.45) is 7.63. The fourth-order valence-corrected chi connectivity index (χ4v) is 3.84. The summed E-state index contributed by atoms with van der Waals surface area (Å²) in [6.45, 7) is 0.738. The molecule has 0 radical (unpaired) electrons. The number of terminal acetylenes is 1. The van der Waals surface area contributed by atoms with Crippen LogP contribution in [0.15, 0.2) is 0 Å². The molecule has 18 heavy (non-hydrogen) atoms. The summed E-state index contributed by atoms with van der Waals surface area (Å²) in [6, 6.07) is -0.253. The first kappa shape index (κ1) is 15.0. The van der Waals surface area contributed by atoms with E-state index in [-0.39, 0.29) is 30.0 Å². The smallest absolute Gasteiger partial charge is 0.223 e. The Balaban J connectivity index is 2.60. The second kappa shape index (κ2) is 6.76. The summed E-state index contributed by atoms with van der Waals surface area (Å²) in [5.41, 5.74) is 5.37. The average Bonchev–Trinajstić information content (AvgIpc) is 2.66. The fourth-order valence-electron chi connectivity index (χ4n) is 2.10. The quantitative estimate of drug-likeness (QED) is 0.535. The first-order chi connectivity index (χ1) is 8.50. The van der Waals surface area contributed by atoms with Gasteiger partial charge in [0.25, 0.3) is 0 Å². The number of sulfone groups is 1. The Kier molecular flexibility index (Phi) is 5.63. The molecule has 1 rings (SSSR count). The second-order valence-corrected chi connectivity index (χ2v) is 6.76. The number of nitrogens with two attached hydrogens (primary N) is 1. The molecule has 0 saturated carbocycles. The van der Waals surface area contributed by atoms with E-state index in [4.69, 9.17) is 12.2 Å². The van der Waals surface area contributed by atoms with Crippen LogP contribution in [0.4, 0.5) is 0 Å². The van der Waals surface area contributed by atoms with Crippen LogP contribution < -0.4 is 5.73 Å². The van der Waals surface area contributed by atoms with Gasteiger partial charge >= 0.3 is 0 Å². The number of rotatable bonds is 6. The van der Waals surface area contributed by atoms with Crippen molar-refractivity contribution in [1.29, 1.82) is 0 Å². The predicted octanol–water partition coefficient (Wildman–Crippen LogP) is -0.236. The van der Waals surface area contributed by atoms with Gasteiger partial charge in [0.2, 0.25) is 5.91 Å². The molecule has 1 atom stereocenters. The molecular weight excluding hydrogens is 252 g/mol. The summed E-state index contributed by atoms with van der Waals surface area (Å²) in [5, 5.41) is 0. The first-order valence-corrected chi connectivity index (χ1v) is 7.95. The van der Waals surface area contributed by atoms with Crippen molar-refractivity contribution in [2.75, 3.05) is 24.6 Å². The maximum atomic E-state index is 12.0. The van der Waals surface area contributed by atoms with E-state index in [2.05, 4.69) is 5.92 Å². The molecule has 1 heterocycles. The summed E-state index contributed by atoms with van der Waals surface area (Å²) in [5.74, 6) is 2.55. The van der Waals surface area contributed by atoms with Gasteiger partial charge in [-0.15, -0.1) is 6.42 Å². The topological polar surface area (TPSA) is 80.5 Å². The molecule has 2 N–H and O–H groups in total. The van der Waals surface area contributed by atoms with Crippen molar-refractivity contribution >= 4 is 15.7 Å². The van der Waals surface area contributed by atoms with Crippen molar-refractivity contribution in [3.8, 4) is 12.3 Å². The molecule has 6 heteroatoms. The van der Waals surface area contributed by atoms with Gasteiger partial charge in [-0.05, 0) is 25.8 Å². The van der Waals surface area contributed by atoms with Gasteiger partial charge in [-0.1, -0.05) is 5.92 Å². The van der Waals surface area contributed by atoms with Crippen LogP contribution in [0.2, 0.25) is 0 Å². The van der Waals surface area contributed by atoms with E-state index in [1.54, 1.807) is 0 Å². The molecule has 0 aromatic rings. The van der Waals surface area contributed by atoms with Crippen molar-refractivity contribution in [2.45, 2.75) is 31.7 Å². The maximum absolute atomic E-state index is 12.0. The van der Waals surface area contributed by atoms with Crippen LogP contribution in [-0.2, 0) is 14.6 Å². The monoisotopic (exact) mass is 272 g/mol. The highest BCUT2D eigenvalue weighted by Crippen LogP contribution is 2.18. The number of hydrogen-bond acceptors (Lipinski definition) is 4. The highest BCUT2D eigenvalue weighted by Gasteiger charge is 2.33. The van der Waals surface area contributed by atoms with Gasteiger partial charge in [0, 0.05) is 12.5 Å². The Morgan fingerprint density at radius 3 is 2.67 bits per heavy atom. The van der Waals surface area contributed by atoms with Gasteiger partial charge in [0.05, 0.1) is 18.1 Å². The fraction of sp³-hybridized carbons (Fsp3) is 0.750. The predicted molar refractivity (Wildman–Crippen MR) is 70.5 cm³/mol. The Labute approximate surface area is 109 Å². The lowest BCUT2D eigenvalue weighted by molar-refractivity contribution is -0.132. The molecule has 0 aromatic heterocycles. The SMILES string of the molecule is C#CCN(C(=O)CCCCN)C1CCS(=O)(=O)C1. The number of hydrogen-bond donors (Lipinski definition) is 1. The normalized spacial score (nSPS) is 21.4. The molecule has 1 unspecified atom stereocenters. The zero-order chi connectivity index (χ0) is 13.6. The van der Waals surface area contributed by atoms with Crippen LogP contribution in [0.5, 0.6) is 0 Å². The number of unbranched alkanes of at least 4 members (excludes halogenated alkanes) is 1. The van der Waals surface area contributed by atoms with E-state index >= 15 is 0 Å². The molecular formula is C12H20N2O3S. The summed E-state index contributed by atoms with van der Waals surface area (Å²) >= 11 is 0. The minimum atomic E-state index is -3.00. The summed E-state index contributed by atoms with van der Waals surface area (Å²) < 4.78 is 22.9. The number of nitrogens with zero attached hydrogens (tertiary/aromatic N) is 1. The van der Waals surface area contributed by atoms with Gasteiger partial charge in [0.15, 0.2) is 9.84 Å². The zero-order valence-electron chi connectivity index (χ0n) is 10.5. The highest BCUT2D eigenvalue weighted by molar-refractivity contribution is 7.91. The third kappa shape index (κ3) is 4.31. The molecule has 1 aliphatic heterocycles. The summed E-state index contributed by atoms with van der Waals surface area (Å²) in [7, 11) is -3.00. The first-order valence-electron chi connectivity index (χ1n) is 6.13. The Bertz CT molecular complexity index is 425. The van der Waals surface area contributed by atoms with E-state index in [9.17, 15) is 13.2 Å². The Morgan fingerprint density at radius 1 is 1.44 bits per heavy atom. The van der Waals surface area contributed by atoms with Gasteiger partial charge in [-0.2, -0.15) is 0 Å². The lowest BCUT2D eigenvalue weighted by Gasteiger charge is -2.26. The number of amides is 1. The minimum Gasteiger partial charge on any atom is -0.330 e. The molecule has 102 valence electrons. The van der Waals surface area contributed by atoms with Crippen molar-refractivity contribution in [2.24, 2.45) is 5.73 Å². The molecule has 0 spiro atoms.